The maximum atomic E-state index is 6.62. The second-order valence-corrected chi connectivity index (χ2v) is 13.4. The first-order chi connectivity index (χ1) is 26.3. The minimum atomic E-state index is 0.860. The van der Waals surface area contributed by atoms with Crippen LogP contribution in [0, 0.1) is 0 Å². The van der Waals surface area contributed by atoms with Gasteiger partial charge < -0.3 is 14.2 Å². The summed E-state index contributed by atoms with van der Waals surface area (Å²) in [6.07, 6.45) is 0. The van der Waals surface area contributed by atoms with Crippen molar-refractivity contribution in [3.63, 3.8) is 0 Å². The molecule has 0 saturated heterocycles. The average Bonchev–Trinajstić information content (AvgIpc) is 3.58. The van der Waals surface area contributed by atoms with Gasteiger partial charge in [0.25, 0.3) is 0 Å². The van der Waals surface area contributed by atoms with Gasteiger partial charge in [0.2, 0.25) is 0 Å². The molecule has 0 saturated carbocycles. The molecule has 1 aromatic heterocycles. The van der Waals surface area contributed by atoms with Crippen LogP contribution in [-0.4, -0.2) is 0 Å². The van der Waals surface area contributed by atoms with Gasteiger partial charge >= 0.3 is 0 Å². The molecule has 0 fully saturated rings. The smallest absolute Gasteiger partial charge is 0.137 e. The summed E-state index contributed by atoms with van der Waals surface area (Å²) in [6.45, 7) is 0. The molecule has 3 heteroatoms. The Hall–Kier alpha value is -7.10. The van der Waals surface area contributed by atoms with Gasteiger partial charge in [-0.15, -0.1) is 0 Å². The zero-order valence-electron chi connectivity index (χ0n) is 28.9. The summed E-state index contributed by atoms with van der Waals surface area (Å²) in [7, 11) is 0. The number of nitrogens with zero attached hydrogens (tertiary/aromatic N) is 2. The molecular formula is C50H34N2O. The molecule has 250 valence electrons. The fraction of sp³-hybridized carbons (Fsp3) is 0. The molecule has 10 rings (SSSR count). The van der Waals surface area contributed by atoms with Crippen molar-refractivity contribution in [1.82, 2.24) is 0 Å². The Labute approximate surface area is 308 Å². The van der Waals surface area contributed by atoms with Crippen molar-refractivity contribution in [1.29, 1.82) is 0 Å². The molecule has 0 bridgehead atoms. The Kier molecular flexibility index (Phi) is 7.47. The molecule has 0 N–H and O–H groups in total. The molecule has 0 amide bonds. The summed E-state index contributed by atoms with van der Waals surface area (Å²) in [5.41, 5.74) is 10.5. The lowest BCUT2D eigenvalue weighted by Crippen LogP contribution is -2.13. The van der Waals surface area contributed by atoms with Gasteiger partial charge in [-0.1, -0.05) is 121 Å². The standard InChI is InChI=1S/C50H34N2O/c1-4-13-35(14-5-1)36-25-27-41(28-26-36)51(39-16-6-2-7-17-39)42-20-12-21-43(32-42)52(40-18-8-3-9-19-40)44-29-30-46-48-34-47-38(31-49(48)53-50(46)33-44)24-23-37-15-10-11-22-45(37)47/h1-34H. The molecule has 0 radical (unpaired) electrons. The first-order valence-corrected chi connectivity index (χ1v) is 18.0. The van der Waals surface area contributed by atoms with Crippen LogP contribution >= 0.6 is 0 Å². The van der Waals surface area contributed by atoms with E-state index in [-0.39, 0.29) is 0 Å². The lowest BCUT2D eigenvalue weighted by Gasteiger charge is -2.29. The number of furan rings is 1. The lowest BCUT2D eigenvalue weighted by atomic mass is 10.00. The molecule has 9 aromatic carbocycles. The van der Waals surface area contributed by atoms with Crippen LogP contribution in [0.1, 0.15) is 0 Å². The first kappa shape index (κ1) is 30.7. The number of benzene rings is 9. The van der Waals surface area contributed by atoms with Crippen molar-refractivity contribution >= 4 is 77.6 Å². The number of rotatable bonds is 7. The summed E-state index contributed by atoms with van der Waals surface area (Å²) in [5.74, 6) is 0. The van der Waals surface area contributed by atoms with Gasteiger partial charge in [-0.25, -0.2) is 0 Å². The Morgan fingerprint density at radius 1 is 0.264 bits per heavy atom. The van der Waals surface area contributed by atoms with Gasteiger partial charge in [0, 0.05) is 51.0 Å². The molecular weight excluding hydrogens is 645 g/mol. The van der Waals surface area contributed by atoms with Crippen LogP contribution in [0.25, 0.3) is 54.6 Å². The molecule has 0 aliphatic rings. The second kappa shape index (κ2) is 12.9. The first-order valence-electron chi connectivity index (χ1n) is 18.0. The molecule has 0 aliphatic heterocycles. The van der Waals surface area contributed by atoms with Crippen molar-refractivity contribution in [3.05, 3.63) is 206 Å². The van der Waals surface area contributed by atoms with E-state index >= 15 is 0 Å². The van der Waals surface area contributed by atoms with Gasteiger partial charge in [-0.3, -0.25) is 0 Å². The minimum Gasteiger partial charge on any atom is -0.456 e. The molecule has 10 aromatic rings. The predicted molar refractivity (Wildman–Crippen MR) is 224 cm³/mol. The van der Waals surface area contributed by atoms with Crippen LogP contribution in [0.15, 0.2) is 211 Å². The average molecular weight is 679 g/mol. The van der Waals surface area contributed by atoms with Crippen molar-refractivity contribution in [3.8, 4) is 11.1 Å². The number of fused-ring (bicyclic) bond motifs is 6. The molecule has 53 heavy (non-hydrogen) atoms. The number of anilines is 6. The Bertz CT molecular complexity index is 2880. The number of para-hydroxylation sites is 2. The highest BCUT2D eigenvalue weighted by Crippen LogP contribution is 2.43. The van der Waals surface area contributed by atoms with E-state index in [0.29, 0.717) is 0 Å². The van der Waals surface area contributed by atoms with Crippen LogP contribution < -0.4 is 9.80 Å². The van der Waals surface area contributed by atoms with Gasteiger partial charge in [0.05, 0.1) is 0 Å². The SMILES string of the molecule is c1ccc(-c2ccc(N(c3ccccc3)c3cccc(N(c4ccccc4)c4ccc5c(c4)oc4cc6ccc7ccccc7c6cc45)c3)cc2)cc1. The Morgan fingerprint density at radius 2 is 0.774 bits per heavy atom. The van der Waals surface area contributed by atoms with Crippen molar-refractivity contribution < 1.29 is 4.42 Å². The second-order valence-electron chi connectivity index (χ2n) is 13.4. The molecule has 0 aliphatic carbocycles. The van der Waals surface area contributed by atoms with E-state index in [1.807, 2.05) is 0 Å². The van der Waals surface area contributed by atoms with Crippen molar-refractivity contribution in [2.24, 2.45) is 0 Å². The van der Waals surface area contributed by atoms with E-state index in [1.165, 1.54) is 32.7 Å². The summed E-state index contributed by atoms with van der Waals surface area (Å²) in [4.78, 5) is 4.63. The summed E-state index contributed by atoms with van der Waals surface area (Å²) < 4.78 is 6.62. The van der Waals surface area contributed by atoms with E-state index in [4.69, 9.17) is 4.42 Å². The van der Waals surface area contributed by atoms with Crippen LogP contribution in [0.5, 0.6) is 0 Å². The third-order valence-corrected chi connectivity index (χ3v) is 10.2. The van der Waals surface area contributed by atoms with E-state index in [1.54, 1.807) is 0 Å². The predicted octanol–water partition coefficient (Wildman–Crippen LogP) is 14.5. The Balaban J connectivity index is 1.09. The highest BCUT2D eigenvalue weighted by molar-refractivity contribution is 6.16. The maximum Gasteiger partial charge on any atom is 0.137 e. The van der Waals surface area contributed by atoms with E-state index in [9.17, 15) is 0 Å². The fourth-order valence-electron chi connectivity index (χ4n) is 7.66. The van der Waals surface area contributed by atoms with E-state index in [2.05, 4.69) is 216 Å². The van der Waals surface area contributed by atoms with Crippen LogP contribution in [0.3, 0.4) is 0 Å². The zero-order chi connectivity index (χ0) is 35.1. The van der Waals surface area contributed by atoms with Crippen LogP contribution in [0.2, 0.25) is 0 Å². The molecule has 0 unspecified atom stereocenters. The quantitative estimate of drug-likeness (QED) is 0.156. The van der Waals surface area contributed by atoms with Gasteiger partial charge in [0.15, 0.2) is 0 Å². The van der Waals surface area contributed by atoms with E-state index in [0.717, 1.165) is 56.1 Å². The summed E-state index contributed by atoms with van der Waals surface area (Å²) in [5, 5.41) is 7.14. The number of hydrogen-bond donors (Lipinski definition) is 0. The topological polar surface area (TPSA) is 19.6 Å². The summed E-state index contributed by atoms with van der Waals surface area (Å²) >= 11 is 0. The highest BCUT2D eigenvalue weighted by atomic mass is 16.3. The monoisotopic (exact) mass is 678 g/mol. The third kappa shape index (κ3) is 5.56. The van der Waals surface area contributed by atoms with E-state index < -0.39 is 0 Å². The molecule has 0 atom stereocenters. The van der Waals surface area contributed by atoms with Crippen LogP contribution in [-0.2, 0) is 0 Å². The zero-order valence-corrected chi connectivity index (χ0v) is 28.9. The fourth-order valence-corrected chi connectivity index (χ4v) is 7.66. The van der Waals surface area contributed by atoms with Gasteiger partial charge in [-0.2, -0.15) is 0 Å². The summed E-state index contributed by atoms with van der Waals surface area (Å²) in [6, 6.07) is 73.3. The normalized spacial score (nSPS) is 11.4. The molecule has 0 spiro atoms. The lowest BCUT2D eigenvalue weighted by molar-refractivity contribution is 0.669. The largest absolute Gasteiger partial charge is 0.456 e. The molecule has 3 nitrogen and oxygen atoms in total. The minimum absolute atomic E-state index is 0.860. The van der Waals surface area contributed by atoms with Crippen LogP contribution in [0.4, 0.5) is 34.1 Å². The number of hydrogen-bond acceptors (Lipinski definition) is 3. The van der Waals surface area contributed by atoms with Crippen molar-refractivity contribution in [2.75, 3.05) is 9.80 Å². The Morgan fingerprint density at radius 3 is 1.49 bits per heavy atom. The third-order valence-electron chi connectivity index (χ3n) is 10.2. The van der Waals surface area contributed by atoms with Gasteiger partial charge in [0.1, 0.15) is 11.2 Å². The van der Waals surface area contributed by atoms with Crippen molar-refractivity contribution in [2.45, 2.75) is 0 Å². The molecule has 1 heterocycles. The highest BCUT2D eigenvalue weighted by Gasteiger charge is 2.19. The maximum absolute atomic E-state index is 6.62. The van der Waals surface area contributed by atoms with Gasteiger partial charge in [-0.05, 0) is 112 Å².